The van der Waals surface area contributed by atoms with Crippen molar-refractivity contribution in [1.29, 1.82) is 0 Å². The summed E-state index contributed by atoms with van der Waals surface area (Å²) < 4.78 is 0. The molecule has 1 aliphatic rings. The molecule has 0 radical (unpaired) electrons. The van der Waals surface area contributed by atoms with Crippen molar-refractivity contribution in [2.24, 2.45) is 0 Å². The van der Waals surface area contributed by atoms with Gasteiger partial charge in [0.05, 0.1) is 17.1 Å². The first-order valence-corrected chi connectivity index (χ1v) is 9.57. The van der Waals surface area contributed by atoms with Crippen LogP contribution in [0.3, 0.4) is 0 Å². The van der Waals surface area contributed by atoms with Crippen molar-refractivity contribution >= 4 is 58.2 Å². The van der Waals surface area contributed by atoms with E-state index in [1.54, 1.807) is 36.4 Å². The highest BCUT2D eigenvalue weighted by Gasteiger charge is 2.35. The molecule has 3 amide bonds. The Kier molecular flexibility index (Phi) is 6.44. The molecule has 146 valence electrons. The molecular weight excluding hydrogens is 425 g/mol. The van der Waals surface area contributed by atoms with Gasteiger partial charge in [-0.2, -0.15) is 0 Å². The van der Waals surface area contributed by atoms with Crippen molar-refractivity contribution < 1.29 is 14.4 Å². The lowest BCUT2D eigenvalue weighted by atomic mass is 10.1. The minimum absolute atomic E-state index is 0.214. The summed E-state index contributed by atoms with van der Waals surface area (Å²) in [6, 6.07) is 10.1. The highest BCUT2D eigenvalue weighted by atomic mass is 35.5. The van der Waals surface area contributed by atoms with Gasteiger partial charge in [-0.15, -0.1) is 0 Å². The molecular formula is C19H16Cl3N3O3. The van der Waals surface area contributed by atoms with Gasteiger partial charge in [-0.25, -0.2) is 0 Å². The number of amides is 3. The highest BCUT2D eigenvalue weighted by Crippen LogP contribution is 2.26. The Hall–Kier alpha value is -2.28. The smallest absolute Gasteiger partial charge is 0.254 e. The van der Waals surface area contributed by atoms with E-state index in [1.807, 2.05) is 0 Å². The summed E-state index contributed by atoms with van der Waals surface area (Å²) in [6.07, 6.45) is -0.214. The van der Waals surface area contributed by atoms with E-state index >= 15 is 0 Å². The Morgan fingerprint density at radius 1 is 1.07 bits per heavy atom. The number of hydrogen-bond acceptors (Lipinski definition) is 3. The molecule has 0 bridgehead atoms. The second-order valence-corrected chi connectivity index (χ2v) is 7.47. The van der Waals surface area contributed by atoms with Gasteiger partial charge in [-0.1, -0.05) is 34.8 Å². The third kappa shape index (κ3) is 4.76. The first-order valence-electron chi connectivity index (χ1n) is 8.44. The number of nitrogens with zero attached hydrogens (tertiary/aromatic N) is 1. The minimum Gasteiger partial charge on any atom is -0.353 e. The van der Waals surface area contributed by atoms with E-state index in [0.29, 0.717) is 39.4 Å². The molecule has 1 saturated heterocycles. The monoisotopic (exact) mass is 439 g/mol. The quantitative estimate of drug-likeness (QED) is 0.762. The molecule has 0 aliphatic carbocycles. The van der Waals surface area contributed by atoms with E-state index < -0.39 is 11.9 Å². The highest BCUT2D eigenvalue weighted by molar-refractivity contribution is 6.35. The zero-order valence-corrected chi connectivity index (χ0v) is 16.8. The number of carbonyl (C=O) groups is 3. The number of anilines is 1. The van der Waals surface area contributed by atoms with E-state index in [0.717, 1.165) is 0 Å². The molecule has 0 aromatic heterocycles. The summed E-state index contributed by atoms with van der Waals surface area (Å²) in [5.41, 5.74) is 0.730. The van der Waals surface area contributed by atoms with Crippen molar-refractivity contribution in [2.45, 2.75) is 12.5 Å². The van der Waals surface area contributed by atoms with Crippen molar-refractivity contribution in [3.8, 4) is 0 Å². The van der Waals surface area contributed by atoms with Crippen LogP contribution < -0.4 is 10.6 Å². The summed E-state index contributed by atoms with van der Waals surface area (Å²) in [5, 5.41) is 6.55. The fourth-order valence-corrected chi connectivity index (χ4v) is 3.35. The third-order valence-electron chi connectivity index (χ3n) is 4.26. The van der Waals surface area contributed by atoms with Gasteiger partial charge in [0, 0.05) is 28.7 Å². The second-order valence-electron chi connectivity index (χ2n) is 6.19. The number of carbonyl (C=O) groups excluding carboxylic acids is 3. The van der Waals surface area contributed by atoms with Gasteiger partial charge < -0.3 is 15.5 Å². The van der Waals surface area contributed by atoms with Crippen molar-refractivity contribution in [2.75, 3.05) is 18.4 Å². The molecule has 0 saturated carbocycles. The van der Waals surface area contributed by atoms with Crippen LogP contribution in [-0.4, -0.2) is 41.8 Å². The van der Waals surface area contributed by atoms with Gasteiger partial charge in [0.15, 0.2) is 0 Å². The van der Waals surface area contributed by atoms with Crippen molar-refractivity contribution in [3.63, 3.8) is 0 Å². The fraction of sp³-hybridized carbons (Fsp3) is 0.211. The summed E-state index contributed by atoms with van der Waals surface area (Å²) in [7, 11) is 0. The summed E-state index contributed by atoms with van der Waals surface area (Å²) in [6.45, 7) is 0.611. The molecule has 9 heteroatoms. The van der Waals surface area contributed by atoms with Gasteiger partial charge in [0.25, 0.3) is 5.91 Å². The molecule has 1 heterocycles. The number of hydrogen-bond donors (Lipinski definition) is 2. The number of rotatable bonds is 4. The van der Waals surface area contributed by atoms with Crippen LogP contribution in [0.15, 0.2) is 42.5 Å². The van der Waals surface area contributed by atoms with Crippen LogP contribution in [0.5, 0.6) is 0 Å². The van der Waals surface area contributed by atoms with Crippen LogP contribution in [0.4, 0.5) is 5.69 Å². The van der Waals surface area contributed by atoms with Gasteiger partial charge >= 0.3 is 0 Å². The van der Waals surface area contributed by atoms with Gasteiger partial charge in [-0.05, 0) is 42.5 Å². The maximum atomic E-state index is 12.8. The van der Waals surface area contributed by atoms with Crippen LogP contribution in [0, 0.1) is 0 Å². The molecule has 6 nitrogen and oxygen atoms in total. The van der Waals surface area contributed by atoms with E-state index in [4.69, 9.17) is 34.8 Å². The molecule has 0 unspecified atom stereocenters. The molecule has 1 atom stereocenters. The lowest BCUT2D eigenvalue weighted by Gasteiger charge is -2.34. The summed E-state index contributed by atoms with van der Waals surface area (Å²) >= 11 is 17.8. The van der Waals surface area contributed by atoms with Crippen LogP contribution in [0.25, 0.3) is 0 Å². The Labute approximate surface area is 176 Å². The first-order chi connectivity index (χ1) is 13.3. The first kappa shape index (κ1) is 20.5. The van der Waals surface area contributed by atoms with Crippen LogP contribution in [0.2, 0.25) is 15.1 Å². The number of piperazine rings is 1. The van der Waals surface area contributed by atoms with Gasteiger partial charge in [0.1, 0.15) is 6.04 Å². The minimum atomic E-state index is -0.935. The Bertz CT molecular complexity index is 918. The Morgan fingerprint density at radius 2 is 1.75 bits per heavy atom. The zero-order chi connectivity index (χ0) is 20.3. The topological polar surface area (TPSA) is 78.5 Å². The number of benzene rings is 2. The second kappa shape index (κ2) is 8.82. The number of nitrogens with one attached hydrogen (secondary N) is 2. The fourth-order valence-electron chi connectivity index (χ4n) is 2.89. The Morgan fingerprint density at radius 3 is 2.46 bits per heavy atom. The third-order valence-corrected chi connectivity index (χ3v) is 5.08. The Balaban J connectivity index is 1.76. The molecule has 3 rings (SSSR count). The van der Waals surface area contributed by atoms with E-state index in [9.17, 15) is 14.4 Å². The largest absolute Gasteiger partial charge is 0.353 e. The van der Waals surface area contributed by atoms with E-state index in [1.165, 1.54) is 11.0 Å². The molecule has 2 N–H and O–H groups in total. The molecule has 28 heavy (non-hydrogen) atoms. The van der Waals surface area contributed by atoms with Gasteiger partial charge in [0.2, 0.25) is 11.8 Å². The standard InChI is InChI=1S/C19H16Cl3N3O3/c20-12-3-1-11(2-4-12)19(28)25-8-7-23-18(27)16(25)10-17(26)24-15-9-13(21)5-6-14(15)22/h1-6,9,16H,7-8,10H2,(H,23,27)(H,24,26)/t16-/m0/s1. The maximum absolute atomic E-state index is 12.8. The predicted molar refractivity (Wildman–Crippen MR) is 109 cm³/mol. The van der Waals surface area contributed by atoms with Crippen LogP contribution in [0.1, 0.15) is 16.8 Å². The molecule has 2 aromatic rings. The van der Waals surface area contributed by atoms with Crippen molar-refractivity contribution in [3.05, 3.63) is 63.1 Å². The lowest BCUT2D eigenvalue weighted by molar-refractivity contribution is -0.131. The normalized spacial score (nSPS) is 16.5. The molecule has 0 spiro atoms. The zero-order valence-electron chi connectivity index (χ0n) is 14.5. The van der Waals surface area contributed by atoms with Crippen LogP contribution >= 0.6 is 34.8 Å². The maximum Gasteiger partial charge on any atom is 0.254 e. The van der Waals surface area contributed by atoms with E-state index in [-0.39, 0.29) is 18.2 Å². The van der Waals surface area contributed by atoms with E-state index in [2.05, 4.69) is 10.6 Å². The molecule has 1 aliphatic heterocycles. The van der Waals surface area contributed by atoms with Crippen molar-refractivity contribution in [1.82, 2.24) is 10.2 Å². The molecule has 2 aromatic carbocycles. The summed E-state index contributed by atoms with van der Waals surface area (Å²) in [5.74, 6) is -1.19. The average Bonchev–Trinajstić information content (AvgIpc) is 2.66. The average molecular weight is 441 g/mol. The lowest BCUT2D eigenvalue weighted by Crippen LogP contribution is -2.58. The predicted octanol–water partition coefficient (Wildman–Crippen LogP) is 3.62. The van der Waals surface area contributed by atoms with Crippen LogP contribution in [-0.2, 0) is 9.59 Å². The number of halogens is 3. The van der Waals surface area contributed by atoms with Gasteiger partial charge in [-0.3, -0.25) is 14.4 Å². The summed E-state index contributed by atoms with van der Waals surface area (Å²) in [4.78, 5) is 39.1. The molecule has 1 fully saturated rings. The SMILES string of the molecule is O=C(C[C@H]1C(=O)NCCN1C(=O)c1ccc(Cl)cc1)Nc1cc(Cl)ccc1Cl.